The molecule has 0 fully saturated rings. The van der Waals surface area contributed by atoms with Crippen molar-refractivity contribution < 1.29 is 0 Å². The molecular weight excluding hydrogens is 278 g/mol. The van der Waals surface area contributed by atoms with E-state index in [4.69, 9.17) is 11.6 Å². The Labute approximate surface area is 123 Å². The Bertz CT molecular complexity index is 505. The lowest BCUT2D eigenvalue weighted by atomic mass is 10.1. The maximum absolute atomic E-state index is 6.36. The molecule has 0 aliphatic rings. The second kappa shape index (κ2) is 6.55. The smallest absolute Gasteiger partial charge is 0.0837 e. The van der Waals surface area contributed by atoms with E-state index in [2.05, 4.69) is 48.0 Å². The molecule has 2 aromatic heterocycles. The molecule has 0 saturated carbocycles. The minimum absolute atomic E-state index is 0.114. The Morgan fingerprint density at radius 2 is 2.26 bits per heavy atom. The SMILES string of the molecule is CCCNC(c1ccsc1)c1c(Cl)cnn1C(C)C. The Kier molecular flexibility index (Phi) is 5.02. The molecular formula is C14H20ClN3S. The van der Waals surface area contributed by atoms with Crippen LogP contribution in [0.2, 0.25) is 5.02 Å². The van der Waals surface area contributed by atoms with Crippen molar-refractivity contribution in [3.8, 4) is 0 Å². The molecule has 2 aromatic rings. The fourth-order valence-corrected chi connectivity index (χ4v) is 3.06. The van der Waals surface area contributed by atoms with Gasteiger partial charge in [-0.2, -0.15) is 16.4 Å². The van der Waals surface area contributed by atoms with Crippen molar-refractivity contribution in [3.63, 3.8) is 0 Å². The van der Waals surface area contributed by atoms with E-state index in [1.54, 1.807) is 17.5 Å². The molecule has 0 aliphatic carbocycles. The van der Waals surface area contributed by atoms with Crippen LogP contribution in [0.4, 0.5) is 0 Å². The van der Waals surface area contributed by atoms with Crippen LogP contribution >= 0.6 is 22.9 Å². The third kappa shape index (κ3) is 3.19. The van der Waals surface area contributed by atoms with Gasteiger partial charge in [-0.05, 0) is 49.2 Å². The van der Waals surface area contributed by atoms with Crippen molar-refractivity contribution in [2.24, 2.45) is 0 Å². The molecule has 104 valence electrons. The van der Waals surface area contributed by atoms with E-state index < -0.39 is 0 Å². The highest BCUT2D eigenvalue weighted by Gasteiger charge is 2.23. The standard InChI is InChI=1S/C14H20ClN3S/c1-4-6-16-13(11-5-7-19-9-11)14-12(15)8-17-18(14)10(2)3/h5,7-10,13,16H,4,6H2,1-3H3. The molecule has 0 aliphatic heterocycles. The second-order valence-corrected chi connectivity index (χ2v) is 6.05. The third-order valence-electron chi connectivity index (χ3n) is 3.02. The first-order chi connectivity index (χ1) is 9.15. The minimum Gasteiger partial charge on any atom is -0.305 e. The average molecular weight is 298 g/mol. The van der Waals surface area contributed by atoms with Gasteiger partial charge < -0.3 is 5.32 Å². The molecule has 2 heterocycles. The summed E-state index contributed by atoms with van der Waals surface area (Å²) in [5.74, 6) is 0. The van der Waals surface area contributed by atoms with Crippen LogP contribution in [0.1, 0.15) is 50.5 Å². The Hall–Kier alpha value is -0.840. The van der Waals surface area contributed by atoms with Crippen molar-refractivity contribution in [2.45, 2.75) is 39.3 Å². The number of hydrogen-bond acceptors (Lipinski definition) is 3. The van der Waals surface area contributed by atoms with Gasteiger partial charge >= 0.3 is 0 Å². The first-order valence-corrected chi connectivity index (χ1v) is 7.95. The number of aromatic nitrogens is 2. The molecule has 2 rings (SSSR count). The second-order valence-electron chi connectivity index (χ2n) is 4.86. The van der Waals surface area contributed by atoms with Gasteiger partial charge in [0.25, 0.3) is 0 Å². The van der Waals surface area contributed by atoms with Crippen molar-refractivity contribution >= 4 is 22.9 Å². The highest BCUT2D eigenvalue weighted by atomic mass is 35.5. The van der Waals surface area contributed by atoms with Crippen LogP contribution in [0.25, 0.3) is 0 Å². The number of hydrogen-bond donors (Lipinski definition) is 1. The van der Waals surface area contributed by atoms with Gasteiger partial charge in [0.2, 0.25) is 0 Å². The van der Waals surface area contributed by atoms with Crippen LogP contribution in [-0.4, -0.2) is 16.3 Å². The van der Waals surface area contributed by atoms with Crippen LogP contribution in [0.5, 0.6) is 0 Å². The summed E-state index contributed by atoms with van der Waals surface area (Å²) in [4.78, 5) is 0. The lowest BCUT2D eigenvalue weighted by Crippen LogP contribution is -2.26. The van der Waals surface area contributed by atoms with Gasteiger partial charge in [0.1, 0.15) is 0 Å². The van der Waals surface area contributed by atoms with Crippen LogP contribution in [0.15, 0.2) is 23.0 Å². The predicted octanol–water partition coefficient (Wildman–Crippen LogP) is 4.27. The Balaban J connectivity index is 2.40. The van der Waals surface area contributed by atoms with E-state index in [9.17, 15) is 0 Å². The zero-order valence-corrected chi connectivity index (χ0v) is 13.1. The molecule has 5 heteroatoms. The number of rotatable bonds is 6. The number of nitrogens with one attached hydrogen (secondary N) is 1. The van der Waals surface area contributed by atoms with E-state index in [-0.39, 0.29) is 6.04 Å². The number of nitrogens with zero attached hydrogens (tertiary/aromatic N) is 2. The molecule has 0 bridgehead atoms. The van der Waals surface area contributed by atoms with Gasteiger partial charge in [-0.15, -0.1) is 0 Å². The Morgan fingerprint density at radius 1 is 1.47 bits per heavy atom. The largest absolute Gasteiger partial charge is 0.305 e. The van der Waals surface area contributed by atoms with Gasteiger partial charge in [0, 0.05) is 6.04 Å². The molecule has 1 N–H and O–H groups in total. The number of halogens is 1. The average Bonchev–Trinajstić information content (AvgIpc) is 3.01. The van der Waals surface area contributed by atoms with Gasteiger partial charge in [0.15, 0.2) is 0 Å². The van der Waals surface area contributed by atoms with E-state index in [0.29, 0.717) is 6.04 Å². The summed E-state index contributed by atoms with van der Waals surface area (Å²) in [7, 11) is 0. The first-order valence-electron chi connectivity index (χ1n) is 6.63. The molecule has 0 radical (unpaired) electrons. The third-order valence-corrected chi connectivity index (χ3v) is 4.02. The topological polar surface area (TPSA) is 29.9 Å². The van der Waals surface area contributed by atoms with Crippen LogP contribution in [0.3, 0.4) is 0 Å². The van der Waals surface area contributed by atoms with Crippen molar-refractivity contribution in [3.05, 3.63) is 39.3 Å². The van der Waals surface area contributed by atoms with Crippen LogP contribution < -0.4 is 5.32 Å². The molecule has 0 saturated heterocycles. The predicted molar refractivity (Wildman–Crippen MR) is 82.1 cm³/mol. The van der Waals surface area contributed by atoms with Gasteiger partial charge in [-0.25, -0.2) is 0 Å². The molecule has 3 nitrogen and oxygen atoms in total. The molecule has 0 amide bonds. The van der Waals surface area contributed by atoms with E-state index in [0.717, 1.165) is 23.7 Å². The van der Waals surface area contributed by atoms with Gasteiger partial charge in [0.05, 0.1) is 23.0 Å². The monoisotopic (exact) mass is 297 g/mol. The summed E-state index contributed by atoms with van der Waals surface area (Å²) in [5.41, 5.74) is 2.31. The lowest BCUT2D eigenvalue weighted by molar-refractivity contribution is 0.472. The van der Waals surface area contributed by atoms with E-state index in [1.807, 2.05) is 4.68 Å². The quantitative estimate of drug-likeness (QED) is 0.863. The Morgan fingerprint density at radius 3 is 2.84 bits per heavy atom. The zero-order valence-electron chi connectivity index (χ0n) is 11.6. The summed E-state index contributed by atoms with van der Waals surface area (Å²) in [6, 6.07) is 2.56. The summed E-state index contributed by atoms with van der Waals surface area (Å²) >= 11 is 8.07. The van der Waals surface area contributed by atoms with Gasteiger partial charge in [-0.3, -0.25) is 4.68 Å². The maximum atomic E-state index is 6.36. The molecule has 0 spiro atoms. The number of thiophene rings is 1. The summed E-state index contributed by atoms with van der Waals surface area (Å²) in [5, 5.41) is 13.0. The fourth-order valence-electron chi connectivity index (χ4n) is 2.13. The highest BCUT2D eigenvalue weighted by molar-refractivity contribution is 7.08. The highest BCUT2D eigenvalue weighted by Crippen LogP contribution is 2.31. The molecule has 0 aromatic carbocycles. The minimum atomic E-state index is 0.114. The zero-order chi connectivity index (χ0) is 13.8. The van der Waals surface area contributed by atoms with Crippen molar-refractivity contribution in [1.29, 1.82) is 0 Å². The summed E-state index contributed by atoms with van der Waals surface area (Å²) in [6.45, 7) is 7.37. The molecule has 1 unspecified atom stereocenters. The van der Waals surface area contributed by atoms with E-state index in [1.165, 1.54) is 5.56 Å². The van der Waals surface area contributed by atoms with Gasteiger partial charge in [-0.1, -0.05) is 18.5 Å². The fraction of sp³-hybridized carbons (Fsp3) is 0.500. The normalized spacial score (nSPS) is 13.1. The lowest BCUT2D eigenvalue weighted by Gasteiger charge is -2.21. The first kappa shape index (κ1) is 14.6. The molecule has 1 atom stereocenters. The van der Waals surface area contributed by atoms with Crippen LogP contribution in [-0.2, 0) is 0 Å². The summed E-state index contributed by atoms with van der Waals surface area (Å²) < 4.78 is 2.01. The van der Waals surface area contributed by atoms with Crippen LogP contribution in [0, 0.1) is 0 Å². The van der Waals surface area contributed by atoms with Crippen molar-refractivity contribution in [2.75, 3.05) is 6.54 Å². The van der Waals surface area contributed by atoms with Crippen molar-refractivity contribution in [1.82, 2.24) is 15.1 Å². The summed E-state index contributed by atoms with van der Waals surface area (Å²) in [6.07, 6.45) is 2.83. The maximum Gasteiger partial charge on any atom is 0.0837 e. The van der Waals surface area contributed by atoms with E-state index >= 15 is 0 Å². The molecule has 19 heavy (non-hydrogen) atoms.